The fourth-order valence-electron chi connectivity index (χ4n) is 1.22. The highest BCUT2D eigenvalue weighted by atomic mass is 32.2. The third-order valence-corrected chi connectivity index (χ3v) is 2.84. The molecular weight excluding hydrogens is 206 g/mol. The maximum absolute atomic E-state index is 11.5. The number of thioether (sulfide) groups is 1. The number of carbonyl (C=O) groups excluding carboxylic acids is 1. The van der Waals surface area contributed by atoms with E-state index in [9.17, 15) is 4.79 Å². The third kappa shape index (κ3) is 3.96. The fraction of sp³-hybridized carbons (Fsp3) is 0.417. The van der Waals surface area contributed by atoms with Gasteiger partial charge in [-0.25, -0.2) is 0 Å². The molecule has 0 aromatic heterocycles. The van der Waals surface area contributed by atoms with E-state index in [4.69, 9.17) is 0 Å². The molecule has 3 heteroatoms. The van der Waals surface area contributed by atoms with Gasteiger partial charge in [0.2, 0.25) is 0 Å². The number of benzene rings is 1. The molecule has 0 aliphatic heterocycles. The second kappa shape index (κ2) is 5.81. The SMILES string of the molecule is CCNC(=O)c1ccc(SC(C)C)cc1. The average molecular weight is 223 g/mol. The van der Waals surface area contributed by atoms with Gasteiger partial charge in [0.05, 0.1) is 0 Å². The lowest BCUT2D eigenvalue weighted by molar-refractivity contribution is 0.0956. The Morgan fingerprint density at radius 3 is 2.40 bits per heavy atom. The monoisotopic (exact) mass is 223 g/mol. The van der Waals surface area contributed by atoms with Crippen molar-refractivity contribution in [3.05, 3.63) is 29.8 Å². The molecule has 1 aromatic rings. The molecule has 0 saturated carbocycles. The summed E-state index contributed by atoms with van der Waals surface area (Å²) in [5.41, 5.74) is 0.727. The summed E-state index contributed by atoms with van der Waals surface area (Å²) in [6.07, 6.45) is 0. The van der Waals surface area contributed by atoms with Crippen LogP contribution in [0.4, 0.5) is 0 Å². The Bertz CT molecular complexity index is 319. The summed E-state index contributed by atoms with van der Waals surface area (Å²) in [4.78, 5) is 12.7. The minimum Gasteiger partial charge on any atom is -0.352 e. The molecule has 0 spiro atoms. The first kappa shape index (κ1) is 12.1. The standard InChI is InChI=1S/C12H17NOS/c1-4-13-12(14)10-5-7-11(8-6-10)15-9(2)3/h5-9H,4H2,1-3H3,(H,13,14). The third-order valence-electron chi connectivity index (χ3n) is 1.83. The van der Waals surface area contributed by atoms with Gasteiger partial charge in [0.15, 0.2) is 0 Å². The van der Waals surface area contributed by atoms with Gasteiger partial charge in [0.1, 0.15) is 0 Å². The van der Waals surface area contributed by atoms with E-state index in [-0.39, 0.29) is 5.91 Å². The summed E-state index contributed by atoms with van der Waals surface area (Å²) >= 11 is 1.80. The van der Waals surface area contributed by atoms with Gasteiger partial charge in [0, 0.05) is 22.3 Å². The minimum absolute atomic E-state index is 0.00130. The molecule has 2 nitrogen and oxygen atoms in total. The van der Waals surface area contributed by atoms with Crippen LogP contribution in [0, 0.1) is 0 Å². The van der Waals surface area contributed by atoms with Crippen LogP contribution in [0.3, 0.4) is 0 Å². The van der Waals surface area contributed by atoms with E-state index < -0.39 is 0 Å². The Morgan fingerprint density at radius 2 is 1.93 bits per heavy atom. The zero-order valence-corrected chi connectivity index (χ0v) is 10.2. The van der Waals surface area contributed by atoms with E-state index in [2.05, 4.69) is 19.2 Å². The molecule has 0 bridgehead atoms. The molecular formula is C12H17NOS. The van der Waals surface area contributed by atoms with Crippen LogP contribution in [0.1, 0.15) is 31.1 Å². The van der Waals surface area contributed by atoms with Gasteiger partial charge in [0.25, 0.3) is 5.91 Å². The van der Waals surface area contributed by atoms with Gasteiger partial charge in [-0.1, -0.05) is 13.8 Å². The molecule has 15 heavy (non-hydrogen) atoms. The van der Waals surface area contributed by atoms with Crippen LogP contribution in [0.5, 0.6) is 0 Å². The minimum atomic E-state index is -0.00130. The van der Waals surface area contributed by atoms with Crippen LogP contribution in [0.15, 0.2) is 29.2 Å². The Balaban J connectivity index is 2.67. The highest BCUT2D eigenvalue weighted by molar-refractivity contribution is 7.99. The second-order valence-electron chi connectivity index (χ2n) is 3.55. The first-order chi connectivity index (χ1) is 7.13. The van der Waals surface area contributed by atoms with Gasteiger partial charge in [-0.3, -0.25) is 4.79 Å². The number of rotatable bonds is 4. The maximum Gasteiger partial charge on any atom is 0.251 e. The molecule has 82 valence electrons. The predicted molar refractivity (Wildman–Crippen MR) is 65.4 cm³/mol. The van der Waals surface area contributed by atoms with Crippen molar-refractivity contribution in [2.75, 3.05) is 6.54 Å². The van der Waals surface area contributed by atoms with Crippen molar-refractivity contribution in [2.24, 2.45) is 0 Å². The Labute approximate surface area is 95.5 Å². The van der Waals surface area contributed by atoms with Crippen LogP contribution in [-0.4, -0.2) is 17.7 Å². The van der Waals surface area contributed by atoms with Crippen molar-refractivity contribution in [1.82, 2.24) is 5.32 Å². The molecule has 1 N–H and O–H groups in total. The molecule has 0 aliphatic rings. The van der Waals surface area contributed by atoms with E-state index in [1.54, 1.807) is 11.8 Å². The van der Waals surface area contributed by atoms with Crippen molar-refractivity contribution in [2.45, 2.75) is 30.9 Å². The smallest absolute Gasteiger partial charge is 0.251 e. The van der Waals surface area contributed by atoms with E-state index in [1.807, 2.05) is 31.2 Å². The van der Waals surface area contributed by atoms with Crippen LogP contribution in [0.2, 0.25) is 0 Å². The van der Waals surface area contributed by atoms with Crippen molar-refractivity contribution in [1.29, 1.82) is 0 Å². The van der Waals surface area contributed by atoms with Crippen LogP contribution in [0.25, 0.3) is 0 Å². The number of hydrogen-bond donors (Lipinski definition) is 1. The Morgan fingerprint density at radius 1 is 1.33 bits per heavy atom. The van der Waals surface area contributed by atoms with E-state index >= 15 is 0 Å². The highest BCUT2D eigenvalue weighted by Crippen LogP contribution is 2.22. The fourth-order valence-corrected chi connectivity index (χ4v) is 2.06. The molecule has 0 fully saturated rings. The molecule has 0 heterocycles. The van der Waals surface area contributed by atoms with E-state index in [1.165, 1.54) is 4.90 Å². The Kier molecular flexibility index (Phi) is 4.69. The molecule has 1 amide bonds. The molecule has 0 aliphatic carbocycles. The predicted octanol–water partition coefficient (Wildman–Crippen LogP) is 2.94. The summed E-state index contributed by atoms with van der Waals surface area (Å²) in [5.74, 6) is -0.00130. The number of amides is 1. The number of carbonyl (C=O) groups is 1. The van der Waals surface area contributed by atoms with Crippen LogP contribution < -0.4 is 5.32 Å². The Hall–Kier alpha value is -0.960. The lowest BCUT2D eigenvalue weighted by Gasteiger charge is -2.06. The molecule has 1 rings (SSSR count). The summed E-state index contributed by atoms with van der Waals surface area (Å²) in [6.45, 7) is 6.90. The molecule has 0 atom stereocenters. The van der Waals surface area contributed by atoms with E-state index in [0.717, 1.165) is 5.56 Å². The molecule has 1 aromatic carbocycles. The van der Waals surface area contributed by atoms with Crippen molar-refractivity contribution in [3.63, 3.8) is 0 Å². The quantitative estimate of drug-likeness (QED) is 0.795. The van der Waals surface area contributed by atoms with E-state index in [0.29, 0.717) is 11.8 Å². The summed E-state index contributed by atoms with van der Waals surface area (Å²) in [6, 6.07) is 7.73. The highest BCUT2D eigenvalue weighted by Gasteiger charge is 2.04. The number of hydrogen-bond acceptors (Lipinski definition) is 2. The van der Waals surface area contributed by atoms with Crippen molar-refractivity contribution >= 4 is 17.7 Å². The van der Waals surface area contributed by atoms with Crippen molar-refractivity contribution < 1.29 is 4.79 Å². The lowest BCUT2D eigenvalue weighted by atomic mass is 10.2. The van der Waals surface area contributed by atoms with Crippen LogP contribution in [-0.2, 0) is 0 Å². The normalized spacial score (nSPS) is 10.4. The molecule has 0 unspecified atom stereocenters. The summed E-state index contributed by atoms with van der Waals surface area (Å²) in [5, 5.41) is 3.35. The molecule has 0 radical (unpaired) electrons. The topological polar surface area (TPSA) is 29.1 Å². The van der Waals surface area contributed by atoms with Gasteiger partial charge < -0.3 is 5.32 Å². The second-order valence-corrected chi connectivity index (χ2v) is 5.20. The van der Waals surface area contributed by atoms with Gasteiger partial charge in [-0.2, -0.15) is 0 Å². The van der Waals surface area contributed by atoms with Gasteiger partial charge >= 0.3 is 0 Å². The lowest BCUT2D eigenvalue weighted by Crippen LogP contribution is -2.22. The molecule has 0 saturated heterocycles. The largest absolute Gasteiger partial charge is 0.352 e. The van der Waals surface area contributed by atoms with Crippen molar-refractivity contribution in [3.8, 4) is 0 Å². The first-order valence-corrected chi connectivity index (χ1v) is 6.06. The number of nitrogens with one attached hydrogen (secondary N) is 1. The van der Waals surface area contributed by atoms with Gasteiger partial charge in [-0.05, 0) is 31.2 Å². The first-order valence-electron chi connectivity index (χ1n) is 5.18. The summed E-state index contributed by atoms with van der Waals surface area (Å²) in [7, 11) is 0. The van der Waals surface area contributed by atoms with Gasteiger partial charge in [-0.15, -0.1) is 11.8 Å². The summed E-state index contributed by atoms with van der Waals surface area (Å²) < 4.78 is 0. The average Bonchev–Trinajstić information content (AvgIpc) is 2.18. The zero-order valence-electron chi connectivity index (χ0n) is 9.41. The van der Waals surface area contributed by atoms with Crippen LogP contribution >= 0.6 is 11.8 Å². The zero-order chi connectivity index (χ0) is 11.3. The maximum atomic E-state index is 11.5.